The summed E-state index contributed by atoms with van der Waals surface area (Å²) in [5.74, 6) is 1.03. The summed E-state index contributed by atoms with van der Waals surface area (Å²) in [6.45, 7) is 1.68. The van der Waals surface area contributed by atoms with E-state index in [1.807, 2.05) is 4.57 Å². The molecule has 2 N–H and O–H groups in total. The molecule has 0 atom stereocenters. The normalized spacial score (nSPS) is 15.8. The van der Waals surface area contributed by atoms with E-state index >= 15 is 0 Å². The molecule has 4 rings (SSSR count). The number of nitrogens with zero attached hydrogens (tertiary/aromatic N) is 2. The van der Waals surface area contributed by atoms with Crippen LogP contribution in [0.5, 0.6) is 11.5 Å². The number of nitrogens with two attached hydrogens (primary N) is 1. The highest BCUT2D eigenvalue weighted by atomic mass is 16.6. The van der Waals surface area contributed by atoms with Crippen molar-refractivity contribution in [3.8, 4) is 17.6 Å². The van der Waals surface area contributed by atoms with E-state index in [1.165, 1.54) is 0 Å². The van der Waals surface area contributed by atoms with Crippen LogP contribution in [0.15, 0.2) is 18.2 Å². The van der Waals surface area contributed by atoms with Gasteiger partial charge in [0.1, 0.15) is 25.0 Å². The van der Waals surface area contributed by atoms with Gasteiger partial charge < -0.3 is 19.8 Å². The molecule has 25 heavy (non-hydrogen) atoms. The second kappa shape index (κ2) is 6.17. The van der Waals surface area contributed by atoms with Crippen LogP contribution in [0.3, 0.4) is 0 Å². The Morgan fingerprint density at radius 1 is 1.16 bits per heavy atom. The summed E-state index contributed by atoms with van der Waals surface area (Å²) >= 11 is 0. The van der Waals surface area contributed by atoms with Crippen LogP contribution in [0.25, 0.3) is 0 Å². The molecule has 0 saturated carbocycles. The molecule has 0 amide bonds. The minimum Gasteiger partial charge on any atom is -0.486 e. The molecule has 2 aliphatic heterocycles. The van der Waals surface area contributed by atoms with Crippen molar-refractivity contribution in [1.82, 2.24) is 4.57 Å². The Balaban J connectivity index is 1.81. The Morgan fingerprint density at radius 2 is 1.96 bits per heavy atom. The van der Waals surface area contributed by atoms with Crippen LogP contribution in [0.1, 0.15) is 46.6 Å². The van der Waals surface area contributed by atoms with Gasteiger partial charge in [-0.1, -0.05) is 6.42 Å². The van der Waals surface area contributed by atoms with Gasteiger partial charge in [-0.25, -0.2) is 0 Å². The average molecular weight is 337 g/mol. The molecule has 0 spiro atoms. The first-order valence-corrected chi connectivity index (χ1v) is 8.56. The molecule has 2 aliphatic rings. The fraction of sp³-hybridized carbons (Fsp3) is 0.368. The van der Waals surface area contributed by atoms with Gasteiger partial charge in [0.05, 0.1) is 11.3 Å². The van der Waals surface area contributed by atoms with E-state index in [9.17, 15) is 10.1 Å². The van der Waals surface area contributed by atoms with Gasteiger partial charge in [0.25, 0.3) is 0 Å². The minimum absolute atomic E-state index is 0.181. The number of nitriles is 1. The van der Waals surface area contributed by atoms with Crippen molar-refractivity contribution in [3.63, 3.8) is 0 Å². The predicted octanol–water partition coefficient (Wildman–Crippen LogP) is 2.67. The number of carbonyl (C=O) groups is 1. The van der Waals surface area contributed by atoms with E-state index in [4.69, 9.17) is 15.2 Å². The summed E-state index contributed by atoms with van der Waals surface area (Å²) in [6, 6.07) is 7.34. The van der Waals surface area contributed by atoms with Crippen LogP contribution in [-0.4, -0.2) is 23.6 Å². The van der Waals surface area contributed by atoms with Crippen LogP contribution in [0, 0.1) is 11.3 Å². The van der Waals surface area contributed by atoms with Crippen molar-refractivity contribution in [2.24, 2.45) is 0 Å². The van der Waals surface area contributed by atoms with Gasteiger partial charge in [0.2, 0.25) is 5.78 Å². The highest BCUT2D eigenvalue weighted by Gasteiger charge is 2.27. The number of carbonyl (C=O) groups excluding carboxylic acids is 1. The van der Waals surface area contributed by atoms with Crippen molar-refractivity contribution >= 4 is 11.5 Å². The molecule has 2 aromatic rings. The first-order chi connectivity index (χ1) is 12.2. The molecule has 0 aliphatic carbocycles. The number of benzene rings is 1. The fourth-order valence-electron chi connectivity index (χ4n) is 3.63. The Kier molecular flexibility index (Phi) is 3.85. The Hall–Kier alpha value is -2.94. The number of ether oxygens (including phenoxy) is 2. The molecular weight excluding hydrogens is 318 g/mol. The molecule has 0 bridgehead atoms. The quantitative estimate of drug-likeness (QED) is 0.851. The van der Waals surface area contributed by atoms with Crippen molar-refractivity contribution < 1.29 is 14.3 Å². The van der Waals surface area contributed by atoms with E-state index in [1.54, 1.807) is 18.2 Å². The summed E-state index contributed by atoms with van der Waals surface area (Å²) in [4.78, 5) is 13.2. The zero-order chi connectivity index (χ0) is 17.4. The van der Waals surface area contributed by atoms with Gasteiger partial charge in [0, 0.05) is 17.8 Å². The van der Waals surface area contributed by atoms with Crippen LogP contribution in [-0.2, 0) is 13.0 Å². The lowest BCUT2D eigenvalue weighted by Crippen LogP contribution is -2.17. The standard InChI is InChI=1S/C19H19N3O3/c20-11-13-14-4-2-1-3-7-22(14)18(17(13)21)19(23)12-5-6-15-16(10-12)25-9-8-24-15/h5-6,10H,1-4,7-9,21H2. The monoisotopic (exact) mass is 337 g/mol. The largest absolute Gasteiger partial charge is 0.486 e. The molecule has 3 heterocycles. The number of fused-ring (bicyclic) bond motifs is 2. The third kappa shape index (κ3) is 2.52. The number of hydrogen-bond donors (Lipinski definition) is 1. The highest BCUT2D eigenvalue weighted by molar-refractivity contribution is 6.12. The van der Waals surface area contributed by atoms with E-state index in [0.717, 1.165) is 31.4 Å². The number of nitrogen functional groups attached to an aromatic ring is 1. The molecule has 6 nitrogen and oxygen atoms in total. The minimum atomic E-state index is -0.181. The average Bonchev–Trinajstić information content (AvgIpc) is 2.78. The van der Waals surface area contributed by atoms with Gasteiger partial charge in [-0.05, 0) is 37.5 Å². The van der Waals surface area contributed by atoms with Crippen molar-refractivity contribution in [2.45, 2.75) is 32.2 Å². The summed E-state index contributed by atoms with van der Waals surface area (Å²) in [5.41, 5.74) is 8.74. The second-order valence-corrected chi connectivity index (χ2v) is 6.35. The van der Waals surface area contributed by atoms with Gasteiger partial charge in [-0.15, -0.1) is 0 Å². The molecule has 1 aromatic carbocycles. The summed E-state index contributed by atoms with van der Waals surface area (Å²) < 4.78 is 13.0. The fourth-order valence-corrected chi connectivity index (χ4v) is 3.63. The molecule has 0 saturated heterocycles. The van der Waals surface area contributed by atoms with E-state index in [2.05, 4.69) is 6.07 Å². The van der Waals surface area contributed by atoms with Gasteiger partial charge in [-0.2, -0.15) is 5.26 Å². The SMILES string of the molecule is N#Cc1c(N)c(C(=O)c2ccc3c(c2)OCCO3)n2c1CCCCC2. The third-order valence-electron chi connectivity index (χ3n) is 4.84. The number of hydrogen-bond acceptors (Lipinski definition) is 5. The number of aromatic nitrogens is 1. The summed E-state index contributed by atoms with van der Waals surface area (Å²) in [5, 5.41) is 9.50. The van der Waals surface area contributed by atoms with Crippen LogP contribution >= 0.6 is 0 Å². The second-order valence-electron chi connectivity index (χ2n) is 6.35. The van der Waals surface area contributed by atoms with Gasteiger partial charge in [0.15, 0.2) is 11.5 Å². The van der Waals surface area contributed by atoms with Gasteiger partial charge in [-0.3, -0.25) is 4.79 Å². The first kappa shape index (κ1) is 15.6. The topological polar surface area (TPSA) is 90.3 Å². The molecule has 0 radical (unpaired) electrons. The first-order valence-electron chi connectivity index (χ1n) is 8.56. The molecular formula is C19H19N3O3. The maximum absolute atomic E-state index is 13.2. The number of anilines is 1. The summed E-state index contributed by atoms with van der Waals surface area (Å²) in [6.07, 6.45) is 3.86. The van der Waals surface area contributed by atoms with E-state index in [0.29, 0.717) is 53.8 Å². The van der Waals surface area contributed by atoms with Crippen molar-refractivity contribution in [1.29, 1.82) is 5.26 Å². The Bertz CT molecular complexity index is 892. The van der Waals surface area contributed by atoms with E-state index < -0.39 is 0 Å². The number of ketones is 1. The zero-order valence-corrected chi connectivity index (χ0v) is 13.9. The maximum Gasteiger partial charge on any atom is 0.211 e. The lowest BCUT2D eigenvalue weighted by atomic mass is 10.0. The molecule has 128 valence electrons. The van der Waals surface area contributed by atoms with Crippen molar-refractivity contribution in [2.75, 3.05) is 18.9 Å². The van der Waals surface area contributed by atoms with Crippen molar-refractivity contribution in [3.05, 3.63) is 40.7 Å². The third-order valence-corrected chi connectivity index (χ3v) is 4.84. The Morgan fingerprint density at radius 3 is 2.76 bits per heavy atom. The lowest BCUT2D eigenvalue weighted by molar-refractivity contribution is 0.102. The molecule has 6 heteroatoms. The zero-order valence-electron chi connectivity index (χ0n) is 13.9. The van der Waals surface area contributed by atoms with Gasteiger partial charge >= 0.3 is 0 Å². The van der Waals surface area contributed by atoms with Crippen LogP contribution in [0.2, 0.25) is 0 Å². The summed E-state index contributed by atoms with van der Waals surface area (Å²) in [7, 11) is 0. The lowest BCUT2D eigenvalue weighted by Gasteiger charge is -2.19. The Labute approximate surface area is 145 Å². The smallest absolute Gasteiger partial charge is 0.211 e. The maximum atomic E-state index is 13.2. The highest BCUT2D eigenvalue weighted by Crippen LogP contribution is 2.34. The molecule has 0 unspecified atom stereocenters. The number of rotatable bonds is 2. The molecule has 0 fully saturated rings. The predicted molar refractivity (Wildman–Crippen MR) is 92.0 cm³/mol. The van der Waals surface area contributed by atoms with Crippen LogP contribution < -0.4 is 15.2 Å². The van der Waals surface area contributed by atoms with Crippen LogP contribution in [0.4, 0.5) is 5.69 Å². The molecule has 1 aromatic heterocycles. The van der Waals surface area contributed by atoms with E-state index in [-0.39, 0.29) is 5.78 Å².